The molecule has 2 aromatic carbocycles. The van der Waals surface area contributed by atoms with E-state index in [1.165, 1.54) is 5.56 Å². The number of amides is 1. The number of para-hydroxylation sites is 1. The van der Waals surface area contributed by atoms with Crippen LogP contribution in [0, 0.1) is 0 Å². The van der Waals surface area contributed by atoms with Gasteiger partial charge in [0.25, 0.3) is 5.56 Å². The van der Waals surface area contributed by atoms with E-state index in [2.05, 4.69) is 22.4 Å². The summed E-state index contributed by atoms with van der Waals surface area (Å²) in [6, 6.07) is 15.0. The van der Waals surface area contributed by atoms with E-state index in [0.29, 0.717) is 10.9 Å². The Balaban J connectivity index is 1.49. The molecule has 6 heteroatoms. The first-order valence-electron chi connectivity index (χ1n) is 9.22. The highest BCUT2D eigenvalue weighted by Gasteiger charge is 2.21. The van der Waals surface area contributed by atoms with E-state index in [1.807, 2.05) is 12.1 Å². The van der Waals surface area contributed by atoms with Gasteiger partial charge in [0.2, 0.25) is 5.91 Å². The number of aryl methyl sites for hydroxylation is 1. The minimum atomic E-state index is -0.491. The summed E-state index contributed by atoms with van der Waals surface area (Å²) in [6.45, 7) is 0.0548. The number of carbonyl (C=O) groups is 1. The molecule has 1 aromatic heterocycles. The molecule has 1 aliphatic rings. The van der Waals surface area contributed by atoms with E-state index in [1.54, 1.807) is 24.3 Å². The van der Waals surface area contributed by atoms with Crippen molar-refractivity contribution in [2.75, 3.05) is 0 Å². The predicted molar refractivity (Wildman–Crippen MR) is 104 cm³/mol. The van der Waals surface area contributed by atoms with Gasteiger partial charge in [-0.1, -0.05) is 36.4 Å². The molecule has 6 nitrogen and oxygen atoms in total. The fourth-order valence-electron chi connectivity index (χ4n) is 3.79. The van der Waals surface area contributed by atoms with Gasteiger partial charge in [-0.25, -0.2) is 4.79 Å². The fourth-order valence-corrected chi connectivity index (χ4v) is 3.79. The molecule has 1 atom stereocenters. The Labute approximate surface area is 155 Å². The lowest BCUT2D eigenvalue weighted by molar-refractivity contribution is -0.122. The normalized spacial score (nSPS) is 16.1. The predicted octanol–water partition coefficient (Wildman–Crippen LogP) is 2.27. The summed E-state index contributed by atoms with van der Waals surface area (Å²) in [5, 5.41) is 3.50. The minimum absolute atomic E-state index is 0.00550. The lowest BCUT2D eigenvalue weighted by Gasteiger charge is -2.26. The maximum absolute atomic E-state index is 12.5. The van der Waals surface area contributed by atoms with Gasteiger partial charge in [-0.05, 0) is 42.5 Å². The number of aromatic nitrogens is 2. The molecule has 0 saturated carbocycles. The van der Waals surface area contributed by atoms with Gasteiger partial charge >= 0.3 is 5.69 Å². The molecule has 0 saturated heterocycles. The van der Waals surface area contributed by atoms with Gasteiger partial charge in [-0.15, -0.1) is 0 Å². The van der Waals surface area contributed by atoms with Crippen LogP contribution in [0.1, 0.15) is 36.4 Å². The van der Waals surface area contributed by atoms with Gasteiger partial charge in [-0.2, -0.15) is 0 Å². The number of hydrogen-bond donors (Lipinski definition) is 2. The molecule has 0 aliphatic heterocycles. The second-order valence-electron chi connectivity index (χ2n) is 6.89. The van der Waals surface area contributed by atoms with Gasteiger partial charge in [0.1, 0.15) is 0 Å². The van der Waals surface area contributed by atoms with Crippen molar-refractivity contribution in [2.45, 2.75) is 38.3 Å². The molecular weight excluding hydrogens is 342 g/mol. The first kappa shape index (κ1) is 17.3. The van der Waals surface area contributed by atoms with Gasteiger partial charge in [0.05, 0.1) is 16.9 Å². The van der Waals surface area contributed by atoms with E-state index < -0.39 is 5.69 Å². The van der Waals surface area contributed by atoms with Gasteiger partial charge in [0.15, 0.2) is 0 Å². The van der Waals surface area contributed by atoms with Crippen molar-refractivity contribution in [3.05, 3.63) is 80.5 Å². The fraction of sp³-hybridized carbons (Fsp3) is 0.286. The summed E-state index contributed by atoms with van der Waals surface area (Å²) < 4.78 is 1.09. The zero-order valence-corrected chi connectivity index (χ0v) is 14.9. The lowest BCUT2D eigenvalue weighted by atomic mass is 9.88. The molecule has 2 N–H and O–H groups in total. The van der Waals surface area contributed by atoms with Crippen molar-refractivity contribution >= 4 is 16.8 Å². The highest BCUT2D eigenvalue weighted by molar-refractivity contribution is 5.77. The summed E-state index contributed by atoms with van der Waals surface area (Å²) in [5.41, 5.74) is 2.08. The smallest absolute Gasteiger partial charge is 0.328 e. The third-order valence-electron chi connectivity index (χ3n) is 5.16. The molecule has 138 valence electrons. The molecule has 1 aliphatic carbocycles. The SMILES string of the molecule is O=C(CCn1c(=O)[nH]c2ccccc2c1=O)N[C@@H]1CCCc2ccccc21. The quantitative estimate of drug-likeness (QED) is 0.746. The van der Waals surface area contributed by atoms with Crippen LogP contribution in [0.2, 0.25) is 0 Å². The second-order valence-corrected chi connectivity index (χ2v) is 6.89. The van der Waals surface area contributed by atoms with Gasteiger partial charge in [-0.3, -0.25) is 14.2 Å². The van der Waals surface area contributed by atoms with Crippen LogP contribution in [0.3, 0.4) is 0 Å². The third-order valence-corrected chi connectivity index (χ3v) is 5.16. The van der Waals surface area contributed by atoms with Crippen molar-refractivity contribution < 1.29 is 4.79 Å². The Morgan fingerprint density at radius 2 is 1.89 bits per heavy atom. The first-order chi connectivity index (χ1) is 13.1. The number of aromatic amines is 1. The summed E-state index contributed by atoms with van der Waals surface area (Å²) in [5.74, 6) is -0.156. The third kappa shape index (κ3) is 3.43. The molecule has 0 fully saturated rings. The number of nitrogens with zero attached hydrogens (tertiary/aromatic N) is 1. The van der Waals surface area contributed by atoms with E-state index in [4.69, 9.17) is 0 Å². The van der Waals surface area contributed by atoms with Crippen LogP contribution >= 0.6 is 0 Å². The highest BCUT2D eigenvalue weighted by atomic mass is 16.2. The summed E-state index contributed by atoms with van der Waals surface area (Å²) >= 11 is 0. The summed E-state index contributed by atoms with van der Waals surface area (Å²) in [4.78, 5) is 39.9. The molecule has 0 unspecified atom stereocenters. The molecule has 1 heterocycles. The Morgan fingerprint density at radius 3 is 2.78 bits per heavy atom. The average molecular weight is 363 g/mol. The van der Waals surface area contributed by atoms with E-state index in [0.717, 1.165) is 29.4 Å². The molecule has 27 heavy (non-hydrogen) atoms. The maximum atomic E-state index is 12.5. The molecule has 0 spiro atoms. The van der Waals surface area contributed by atoms with Crippen molar-refractivity contribution in [3.63, 3.8) is 0 Å². The van der Waals surface area contributed by atoms with Crippen LogP contribution < -0.4 is 16.6 Å². The molecule has 4 rings (SSSR count). The monoisotopic (exact) mass is 363 g/mol. The second kappa shape index (κ2) is 7.23. The largest absolute Gasteiger partial charge is 0.349 e. The van der Waals surface area contributed by atoms with Crippen LogP contribution in [-0.2, 0) is 17.8 Å². The Hall–Kier alpha value is -3.15. The number of fused-ring (bicyclic) bond motifs is 2. The van der Waals surface area contributed by atoms with Crippen LogP contribution in [0.5, 0.6) is 0 Å². The number of benzene rings is 2. The van der Waals surface area contributed by atoms with Crippen LogP contribution in [0.4, 0.5) is 0 Å². The topological polar surface area (TPSA) is 84.0 Å². The number of carbonyl (C=O) groups excluding carboxylic acids is 1. The van der Waals surface area contributed by atoms with Crippen LogP contribution in [0.15, 0.2) is 58.1 Å². The van der Waals surface area contributed by atoms with Crippen molar-refractivity contribution in [1.29, 1.82) is 0 Å². The molecule has 0 radical (unpaired) electrons. The van der Waals surface area contributed by atoms with Crippen molar-refractivity contribution in [1.82, 2.24) is 14.9 Å². The zero-order chi connectivity index (χ0) is 18.8. The molecular formula is C21H21N3O3. The number of hydrogen-bond acceptors (Lipinski definition) is 3. The van der Waals surface area contributed by atoms with Crippen LogP contribution in [0.25, 0.3) is 10.9 Å². The van der Waals surface area contributed by atoms with Gasteiger partial charge < -0.3 is 10.3 Å². The van der Waals surface area contributed by atoms with Gasteiger partial charge in [0, 0.05) is 13.0 Å². The Bertz CT molecular complexity index is 1110. The zero-order valence-electron chi connectivity index (χ0n) is 14.9. The Morgan fingerprint density at radius 1 is 1.11 bits per heavy atom. The maximum Gasteiger partial charge on any atom is 0.328 e. The van der Waals surface area contributed by atoms with E-state index in [-0.39, 0.29) is 30.5 Å². The Kier molecular flexibility index (Phi) is 4.62. The standard InChI is InChI=1S/C21H21N3O3/c25-19(22-17-11-5-7-14-6-1-2-8-15(14)17)12-13-24-20(26)16-9-3-4-10-18(16)23-21(24)27/h1-4,6,8-10,17H,5,7,11-13H2,(H,22,25)(H,23,27)/t17-/m1/s1. The molecule has 3 aromatic rings. The minimum Gasteiger partial charge on any atom is -0.349 e. The number of rotatable bonds is 4. The van der Waals surface area contributed by atoms with E-state index >= 15 is 0 Å². The summed E-state index contributed by atoms with van der Waals surface area (Å²) in [6.07, 6.45) is 3.05. The van der Waals surface area contributed by atoms with Crippen molar-refractivity contribution in [2.24, 2.45) is 0 Å². The lowest BCUT2D eigenvalue weighted by Crippen LogP contribution is -2.37. The molecule has 1 amide bonds. The average Bonchev–Trinajstić information content (AvgIpc) is 2.68. The molecule has 0 bridgehead atoms. The number of nitrogens with one attached hydrogen (secondary N) is 2. The van der Waals surface area contributed by atoms with Crippen LogP contribution in [-0.4, -0.2) is 15.5 Å². The highest BCUT2D eigenvalue weighted by Crippen LogP contribution is 2.29. The number of H-pyrrole nitrogens is 1. The van der Waals surface area contributed by atoms with Crippen molar-refractivity contribution in [3.8, 4) is 0 Å². The van der Waals surface area contributed by atoms with E-state index in [9.17, 15) is 14.4 Å². The first-order valence-corrected chi connectivity index (χ1v) is 9.22. The summed E-state index contributed by atoms with van der Waals surface area (Å²) in [7, 11) is 0.